The lowest BCUT2D eigenvalue weighted by molar-refractivity contribution is 0.281. The molecule has 2 radical (unpaired) electrons. The minimum absolute atomic E-state index is 0.385. The van der Waals surface area contributed by atoms with Gasteiger partial charge in [-0.25, -0.2) is 8.78 Å². The molecule has 3 rings (SSSR count). The smallest absolute Gasteiger partial charge is 0.159 e. The van der Waals surface area contributed by atoms with E-state index in [1.54, 1.807) is 6.07 Å². The van der Waals surface area contributed by atoms with Crippen molar-refractivity contribution in [3.63, 3.8) is 0 Å². The van der Waals surface area contributed by atoms with E-state index in [0.717, 1.165) is 46.3 Å². The second-order valence-electron chi connectivity index (χ2n) is 8.36. The Morgan fingerprint density at radius 1 is 1.00 bits per heavy atom. The van der Waals surface area contributed by atoms with E-state index in [-0.39, 0.29) is 0 Å². The highest BCUT2D eigenvalue weighted by Gasteiger charge is 2.29. The van der Waals surface area contributed by atoms with Gasteiger partial charge in [0.25, 0.3) is 0 Å². The van der Waals surface area contributed by atoms with Gasteiger partial charge in [0.05, 0.1) is 0 Å². The maximum atomic E-state index is 13.4. The van der Waals surface area contributed by atoms with Crippen LogP contribution in [0.15, 0.2) is 30.4 Å². The van der Waals surface area contributed by atoms with E-state index < -0.39 is 11.6 Å². The molecule has 0 saturated heterocycles. The zero-order valence-electron chi connectivity index (χ0n) is 15.5. The fourth-order valence-electron chi connectivity index (χ4n) is 4.51. The van der Waals surface area contributed by atoms with Crippen LogP contribution in [0.3, 0.4) is 0 Å². The van der Waals surface area contributed by atoms with E-state index in [9.17, 15) is 8.78 Å². The van der Waals surface area contributed by atoms with Crippen LogP contribution >= 0.6 is 0 Å². The van der Waals surface area contributed by atoms with Crippen molar-refractivity contribution in [2.75, 3.05) is 0 Å². The quantitative estimate of drug-likeness (QED) is 0.404. The highest BCUT2D eigenvalue weighted by atomic mass is 28.2. The van der Waals surface area contributed by atoms with E-state index in [1.165, 1.54) is 37.8 Å². The molecule has 0 atom stereocenters. The summed E-state index contributed by atoms with van der Waals surface area (Å²) in [4.78, 5) is 0. The van der Waals surface area contributed by atoms with Crippen molar-refractivity contribution in [3.05, 3.63) is 47.5 Å². The molecule has 2 aliphatic carbocycles. The summed E-state index contributed by atoms with van der Waals surface area (Å²) in [6, 6.07) is 4.42. The Kier molecular flexibility index (Phi) is 6.14. The Labute approximate surface area is 153 Å². The molecular formula is C22H30F2Si. The van der Waals surface area contributed by atoms with Crippen molar-refractivity contribution < 1.29 is 8.78 Å². The fraction of sp³-hybridized carbons (Fsp3) is 0.636. The monoisotopic (exact) mass is 360 g/mol. The average Bonchev–Trinajstić information content (AvgIpc) is 2.64. The molecule has 1 aromatic carbocycles. The molecule has 0 aromatic heterocycles. The van der Waals surface area contributed by atoms with E-state index in [1.807, 2.05) is 0 Å². The zero-order valence-corrected chi connectivity index (χ0v) is 16.5. The van der Waals surface area contributed by atoms with Gasteiger partial charge in [-0.2, -0.15) is 0 Å². The first-order chi connectivity index (χ1) is 12.0. The van der Waals surface area contributed by atoms with Gasteiger partial charge < -0.3 is 0 Å². The molecule has 0 aliphatic heterocycles. The Morgan fingerprint density at radius 3 is 2.28 bits per heavy atom. The highest BCUT2D eigenvalue weighted by Crippen LogP contribution is 2.43. The first kappa shape index (κ1) is 18.8. The van der Waals surface area contributed by atoms with Crippen LogP contribution in [-0.2, 0) is 0 Å². The molecule has 0 spiro atoms. The number of hydrogen-bond acceptors (Lipinski definition) is 0. The van der Waals surface area contributed by atoms with Crippen LogP contribution in [-0.4, -0.2) is 9.52 Å². The van der Waals surface area contributed by atoms with Gasteiger partial charge in [-0.3, -0.25) is 0 Å². The summed E-state index contributed by atoms with van der Waals surface area (Å²) in [7, 11) is 1.10. The summed E-state index contributed by atoms with van der Waals surface area (Å²) >= 11 is 0. The predicted molar refractivity (Wildman–Crippen MR) is 102 cm³/mol. The Balaban J connectivity index is 1.51. The van der Waals surface area contributed by atoms with Gasteiger partial charge in [0, 0.05) is 9.52 Å². The molecule has 2 aliphatic rings. The highest BCUT2D eigenvalue weighted by molar-refractivity contribution is 6.35. The van der Waals surface area contributed by atoms with Gasteiger partial charge in [0.2, 0.25) is 0 Å². The number of rotatable bonds is 4. The number of benzene rings is 1. The molecule has 2 fully saturated rings. The molecule has 0 unspecified atom stereocenters. The summed E-state index contributed by atoms with van der Waals surface area (Å²) in [6.07, 6.45) is 14.9. The van der Waals surface area contributed by atoms with Gasteiger partial charge in [-0.15, -0.1) is 0 Å². The number of allylic oxidation sites excluding steroid dienone is 2. The summed E-state index contributed by atoms with van der Waals surface area (Å²) in [5, 5.41) is 0. The molecule has 0 amide bonds. The average molecular weight is 361 g/mol. The SMILES string of the molecule is C[Si]C1CCC(C)(C=CC2CCC(c3ccc(F)c(F)c3)CC2)CC1. The van der Waals surface area contributed by atoms with Crippen LogP contribution in [0.4, 0.5) is 8.78 Å². The molecular weight excluding hydrogens is 330 g/mol. The third-order valence-electron chi connectivity index (χ3n) is 6.49. The standard InChI is InChI=1S/C22H30F2Si/c1-22(13-10-19(25-2)11-14-22)12-9-16-3-5-17(6-4-16)18-7-8-20(23)21(24)15-18/h7-9,12,15-17,19H,3-6,10-11,13-14H2,1-2H3. The summed E-state index contributed by atoms with van der Waals surface area (Å²) in [5.74, 6) is -0.414. The van der Waals surface area contributed by atoms with Crippen LogP contribution in [0.1, 0.15) is 69.8 Å². The largest absolute Gasteiger partial charge is 0.204 e. The molecule has 0 N–H and O–H groups in total. The zero-order chi connectivity index (χ0) is 17.9. The molecule has 1 aromatic rings. The van der Waals surface area contributed by atoms with Gasteiger partial charge >= 0.3 is 0 Å². The third-order valence-corrected chi connectivity index (χ3v) is 7.89. The van der Waals surface area contributed by atoms with Crippen molar-refractivity contribution >= 4 is 9.52 Å². The van der Waals surface area contributed by atoms with E-state index >= 15 is 0 Å². The van der Waals surface area contributed by atoms with Gasteiger partial charge in [-0.05, 0) is 79.0 Å². The Bertz CT molecular complexity index is 594. The van der Waals surface area contributed by atoms with Crippen molar-refractivity contribution in [1.29, 1.82) is 0 Å². The number of hydrogen-bond donors (Lipinski definition) is 0. The molecule has 2 saturated carbocycles. The van der Waals surface area contributed by atoms with Crippen LogP contribution in [0, 0.1) is 23.0 Å². The molecule has 25 heavy (non-hydrogen) atoms. The van der Waals surface area contributed by atoms with E-state index in [4.69, 9.17) is 0 Å². The molecule has 136 valence electrons. The molecule has 0 nitrogen and oxygen atoms in total. The first-order valence-corrected chi connectivity index (χ1v) is 11.4. The van der Waals surface area contributed by atoms with Gasteiger partial charge in [0.1, 0.15) is 0 Å². The molecule has 0 bridgehead atoms. The second-order valence-corrected chi connectivity index (χ2v) is 9.76. The van der Waals surface area contributed by atoms with Gasteiger partial charge in [-0.1, -0.05) is 44.5 Å². The fourth-order valence-corrected chi connectivity index (χ4v) is 5.38. The van der Waals surface area contributed by atoms with E-state index in [2.05, 4.69) is 25.6 Å². The summed E-state index contributed by atoms with van der Waals surface area (Å²) < 4.78 is 26.6. The predicted octanol–water partition coefficient (Wildman–Crippen LogP) is 6.92. The molecule has 0 heterocycles. The maximum absolute atomic E-state index is 13.4. The lowest BCUT2D eigenvalue weighted by Crippen LogP contribution is -2.22. The minimum Gasteiger partial charge on any atom is -0.204 e. The lowest BCUT2D eigenvalue weighted by atomic mass is 9.73. The third kappa shape index (κ3) is 4.81. The lowest BCUT2D eigenvalue weighted by Gasteiger charge is -2.35. The summed E-state index contributed by atoms with van der Waals surface area (Å²) in [5.41, 5.74) is 2.33. The van der Waals surface area contributed by atoms with Crippen LogP contribution in [0.25, 0.3) is 0 Å². The van der Waals surface area contributed by atoms with E-state index in [0.29, 0.717) is 17.3 Å². The van der Waals surface area contributed by atoms with Crippen molar-refractivity contribution in [2.45, 2.75) is 76.3 Å². The minimum atomic E-state index is -0.744. The van der Waals surface area contributed by atoms with Gasteiger partial charge in [0.15, 0.2) is 11.6 Å². The van der Waals surface area contributed by atoms with Crippen molar-refractivity contribution in [3.8, 4) is 0 Å². The maximum Gasteiger partial charge on any atom is 0.159 e. The topological polar surface area (TPSA) is 0 Å². The number of halogens is 2. The summed E-state index contributed by atoms with van der Waals surface area (Å²) in [6.45, 7) is 4.76. The van der Waals surface area contributed by atoms with Crippen LogP contribution in [0.2, 0.25) is 12.1 Å². The second kappa shape index (κ2) is 8.16. The normalized spacial score (nSPS) is 33.7. The Morgan fingerprint density at radius 2 is 1.68 bits per heavy atom. The van der Waals surface area contributed by atoms with Crippen LogP contribution in [0.5, 0.6) is 0 Å². The molecule has 3 heteroatoms. The first-order valence-electron chi connectivity index (χ1n) is 9.81. The van der Waals surface area contributed by atoms with Crippen molar-refractivity contribution in [2.24, 2.45) is 11.3 Å². The van der Waals surface area contributed by atoms with Crippen molar-refractivity contribution in [1.82, 2.24) is 0 Å². The van der Waals surface area contributed by atoms with Crippen LogP contribution < -0.4 is 0 Å². The Hall–Kier alpha value is -0.963.